The Hall–Kier alpha value is -4.18. The Balaban J connectivity index is 1.89. The molecule has 0 fully saturated rings. The number of carbonyl (C=O) groups excluding carboxylic acids is 1. The highest BCUT2D eigenvalue weighted by molar-refractivity contribution is 7.80. The molecule has 2 aliphatic heterocycles. The van der Waals surface area contributed by atoms with Crippen LogP contribution in [-0.2, 0) is 4.79 Å². The van der Waals surface area contributed by atoms with Crippen LogP contribution in [-0.4, -0.2) is 54.1 Å². The molecule has 9 nitrogen and oxygen atoms in total. The van der Waals surface area contributed by atoms with Crippen LogP contribution in [0.4, 0.5) is 0 Å². The van der Waals surface area contributed by atoms with Gasteiger partial charge in [-0.05, 0) is 60.9 Å². The molecule has 8 bridgehead atoms. The number of aromatic nitrogens is 4. The number of H-pyrrole nitrogens is 2. The Morgan fingerprint density at radius 2 is 1.79 bits per heavy atom. The predicted molar refractivity (Wildman–Crippen MR) is 148 cm³/mol. The van der Waals surface area contributed by atoms with Gasteiger partial charge in [0.1, 0.15) is 0 Å². The van der Waals surface area contributed by atoms with Crippen LogP contribution in [0.1, 0.15) is 80.7 Å². The molecule has 0 spiro atoms. The van der Waals surface area contributed by atoms with E-state index in [4.69, 9.17) is 9.97 Å². The smallest absolute Gasteiger partial charge is 0.337 e. The maximum absolute atomic E-state index is 12.1. The summed E-state index contributed by atoms with van der Waals surface area (Å²) in [4.78, 5) is 51.5. The Bertz CT molecular complexity index is 1680. The number of fused-ring (bicyclic) bond motifs is 8. The van der Waals surface area contributed by atoms with Crippen molar-refractivity contribution in [2.24, 2.45) is 0 Å². The van der Waals surface area contributed by atoms with Crippen LogP contribution >= 0.6 is 12.6 Å². The maximum Gasteiger partial charge on any atom is 0.337 e. The summed E-state index contributed by atoms with van der Waals surface area (Å²) in [6.45, 7) is 3.83. The average Bonchev–Trinajstić information content (AvgIpc) is 3.59. The molecule has 5 heterocycles. The van der Waals surface area contributed by atoms with Gasteiger partial charge in [0.05, 0.1) is 28.0 Å². The summed E-state index contributed by atoms with van der Waals surface area (Å²) in [5.74, 6) is -1.94. The topological polar surface area (TPSA) is 149 Å². The second-order valence-electron chi connectivity index (χ2n) is 9.58. The molecule has 10 heteroatoms. The number of thiol groups is 1. The molecule has 0 aliphatic carbocycles. The lowest BCUT2D eigenvalue weighted by Gasteiger charge is -2.14. The summed E-state index contributed by atoms with van der Waals surface area (Å²) in [6, 6.07) is 8.67. The van der Waals surface area contributed by atoms with E-state index in [2.05, 4.69) is 22.6 Å². The highest BCUT2D eigenvalue weighted by atomic mass is 32.1. The van der Waals surface area contributed by atoms with E-state index in [-0.39, 0.29) is 23.8 Å². The summed E-state index contributed by atoms with van der Waals surface area (Å²) in [7, 11) is 0. The van der Waals surface area contributed by atoms with E-state index in [0.717, 1.165) is 22.9 Å². The van der Waals surface area contributed by atoms with E-state index < -0.39 is 11.9 Å². The monoisotopic (exact) mass is 530 g/mol. The minimum Gasteiger partial charge on any atom is -0.481 e. The van der Waals surface area contributed by atoms with Crippen molar-refractivity contribution in [3.63, 3.8) is 0 Å². The number of carbonyl (C=O) groups is 3. The van der Waals surface area contributed by atoms with E-state index >= 15 is 0 Å². The fourth-order valence-electron chi connectivity index (χ4n) is 5.11. The number of nitrogens with one attached hydrogen (secondary N) is 2. The van der Waals surface area contributed by atoms with Crippen molar-refractivity contribution in [3.8, 4) is 0 Å². The molecule has 2 atom stereocenters. The Labute approximate surface area is 223 Å². The third kappa shape index (κ3) is 4.63. The molecule has 0 amide bonds. The molecule has 0 radical (unpaired) electrons. The largest absolute Gasteiger partial charge is 0.481 e. The van der Waals surface area contributed by atoms with Gasteiger partial charge in [0.15, 0.2) is 6.29 Å². The molecule has 194 valence electrons. The van der Waals surface area contributed by atoms with Crippen LogP contribution in [0.25, 0.3) is 33.7 Å². The number of carboxylic acids is 2. The number of aryl methyl sites for hydroxylation is 1. The number of hydrogen-bond donors (Lipinski definition) is 5. The molecule has 5 rings (SSSR count). The Kier molecular flexibility index (Phi) is 6.66. The molecule has 3 aromatic heterocycles. The summed E-state index contributed by atoms with van der Waals surface area (Å²) in [5.41, 5.74) is 7.05. The second kappa shape index (κ2) is 9.94. The van der Waals surface area contributed by atoms with Crippen LogP contribution in [0, 0.1) is 6.92 Å². The number of aldehydes is 1. The summed E-state index contributed by atoms with van der Waals surface area (Å²) in [5, 5.41) is 19.2. The number of aliphatic carboxylic acids is 1. The van der Waals surface area contributed by atoms with Crippen molar-refractivity contribution >= 4 is 64.6 Å². The number of aromatic amines is 2. The Morgan fingerprint density at radius 3 is 2.47 bits per heavy atom. The van der Waals surface area contributed by atoms with Crippen LogP contribution in [0.3, 0.4) is 0 Å². The fraction of sp³-hybridized carbons (Fsp3) is 0.250. The van der Waals surface area contributed by atoms with Crippen molar-refractivity contribution < 1.29 is 24.6 Å². The first kappa shape index (κ1) is 25.5. The highest BCUT2D eigenvalue weighted by Gasteiger charge is 2.29. The van der Waals surface area contributed by atoms with Crippen molar-refractivity contribution in [2.75, 3.05) is 5.75 Å². The van der Waals surface area contributed by atoms with Gasteiger partial charge in [-0.3, -0.25) is 14.6 Å². The third-order valence-electron chi connectivity index (χ3n) is 7.20. The zero-order valence-corrected chi connectivity index (χ0v) is 21.7. The van der Waals surface area contributed by atoms with Crippen LogP contribution in [0.5, 0.6) is 0 Å². The first-order valence-electron chi connectivity index (χ1n) is 12.2. The van der Waals surface area contributed by atoms with Gasteiger partial charge in [0.25, 0.3) is 0 Å². The van der Waals surface area contributed by atoms with Gasteiger partial charge in [-0.25, -0.2) is 9.78 Å². The van der Waals surface area contributed by atoms with Crippen molar-refractivity contribution in [3.05, 3.63) is 69.8 Å². The lowest BCUT2D eigenvalue weighted by Crippen LogP contribution is -2.05. The quantitative estimate of drug-likeness (QED) is 0.213. The summed E-state index contributed by atoms with van der Waals surface area (Å²) in [6.07, 6.45) is 3.00. The number of rotatable bonds is 6. The van der Waals surface area contributed by atoms with E-state index in [1.807, 2.05) is 26.0 Å². The SMILES string of the molecule is Cc1c(C=O)c2cc3nc(cc4cc(C(=O)O)c(cc5nc(cc1[nH]2)[C@@H](C)[C@@H]5CCC(=O)O)[nH]4)C(CS)=C3. The van der Waals surface area contributed by atoms with E-state index in [9.17, 15) is 24.6 Å². The molecule has 2 aliphatic rings. The van der Waals surface area contributed by atoms with Gasteiger partial charge in [-0.1, -0.05) is 6.92 Å². The zero-order chi connectivity index (χ0) is 27.1. The average molecular weight is 531 g/mol. The molecule has 4 N–H and O–H groups in total. The molecule has 0 aromatic carbocycles. The van der Waals surface area contributed by atoms with E-state index in [1.54, 1.807) is 24.3 Å². The normalized spacial score (nSPS) is 16.8. The molecule has 0 saturated heterocycles. The van der Waals surface area contributed by atoms with Gasteiger partial charge >= 0.3 is 11.9 Å². The molecule has 3 aromatic rings. The predicted octanol–water partition coefficient (Wildman–Crippen LogP) is 5.36. The molecular formula is C28H26N4O5S. The zero-order valence-electron chi connectivity index (χ0n) is 20.8. The van der Waals surface area contributed by atoms with E-state index in [0.29, 0.717) is 57.1 Å². The number of nitrogens with zero attached hydrogens (tertiary/aromatic N) is 2. The Morgan fingerprint density at radius 1 is 1.03 bits per heavy atom. The fourth-order valence-corrected chi connectivity index (χ4v) is 5.37. The number of carboxylic acid groups (broad SMARTS) is 2. The van der Waals surface area contributed by atoms with Crippen molar-refractivity contribution in [1.29, 1.82) is 0 Å². The van der Waals surface area contributed by atoms with Crippen LogP contribution < -0.4 is 0 Å². The van der Waals surface area contributed by atoms with Gasteiger partial charge in [-0.2, -0.15) is 12.6 Å². The van der Waals surface area contributed by atoms with Gasteiger partial charge in [0.2, 0.25) is 0 Å². The minimum absolute atomic E-state index is 0.0438. The molecule has 38 heavy (non-hydrogen) atoms. The lowest BCUT2D eigenvalue weighted by molar-refractivity contribution is -0.137. The second-order valence-corrected chi connectivity index (χ2v) is 9.90. The first-order valence-corrected chi connectivity index (χ1v) is 12.8. The lowest BCUT2D eigenvalue weighted by atomic mass is 9.87. The van der Waals surface area contributed by atoms with Crippen molar-refractivity contribution in [1.82, 2.24) is 19.9 Å². The van der Waals surface area contributed by atoms with Crippen molar-refractivity contribution in [2.45, 2.75) is 38.5 Å². The standard InChI is InChI=1S/C28H26N4O5S/c1-13-18(3-4-27(34)35)25-10-26-19(28(36)37)6-17(30-26)7-23-15(12-38)5-16(29-23)8-24-20(11-33)14(2)22(31-24)9-21(13)32-25/h5-11,13,18,30-31,38H,3-4,12H2,1-2H3,(H,34,35)(H,36,37)/t13-,18-/m0/s1. The third-order valence-corrected chi connectivity index (χ3v) is 7.54. The van der Waals surface area contributed by atoms with Crippen LogP contribution in [0.2, 0.25) is 0 Å². The van der Waals surface area contributed by atoms with Gasteiger partial charge in [0, 0.05) is 52.0 Å². The van der Waals surface area contributed by atoms with Crippen LogP contribution in [0.15, 0.2) is 30.3 Å². The maximum atomic E-state index is 12.1. The molecule has 0 saturated carbocycles. The van der Waals surface area contributed by atoms with E-state index in [1.165, 1.54) is 0 Å². The number of aromatic carboxylic acids is 1. The molecule has 0 unspecified atom stereocenters. The summed E-state index contributed by atoms with van der Waals surface area (Å²) >= 11 is 4.43. The van der Waals surface area contributed by atoms with Gasteiger partial charge < -0.3 is 20.2 Å². The summed E-state index contributed by atoms with van der Waals surface area (Å²) < 4.78 is 0. The number of hydrogen-bond acceptors (Lipinski definition) is 6. The molecular weight excluding hydrogens is 504 g/mol. The minimum atomic E-state index is -1.09. The first-order chi connectivity index (χ1) is 18.2. The van der Waals surface area contributed by atoms with Gasteiger partial charge in [-0.15, -0.1) is 0 Å². The highest BCUT2D eigenvalue weighted by Crippen LogP contribution is 2.40.